The number of alkyl halides is 3. The number of fused-ring (bicyclic) bond motifs is 2. The molecule has 2 aromatic carbocycles. The summed E-state index contributed by atoms with van der Waals surface area (Å²) in [4.78, 5) is 3.76. The molecule has 0 N–H and O–H groups in total. The van der Waals surface area contributed by atoms with E-state index in [2.05, 4.69) is 4.98 Å². The second-order valence-electron chi connectivity index (χ2n) is 5.87. The van der Waals surface area contributed by atoms with Crippen molar-refractivity contribution < 1.29 is 27.4 Å². The summed E-state index contributed by atoms with van der Waals surface area (Å²) in [6.07, 6.45) is -4.60. The Labute approximate surface area is 157 Å². The van der Waals surface area contributed by atoms with Gasteiger partial charge in [-0.2, -0.15) is 13.2 Å². The zero-order valence-corrected chi connectivity index (χ0v) is 14.7. The normalized spacial score (nSPS) is 13.8. The lowest BCUT2D eigenvalue weighted by Crippen LogP contribution is -2.18. The molecule has 1 aromatic heterocycles. The summed E-state index contributed by atoms with van der Waals surface area (Å²) in [5, 5.41) is 0.550. The molecular weight excluding hydrogens is 385 g/mol. The average Bonchev–Trinajstić information content (AvgIpc) is 2.99. The van der Waals surface area contributed by atoms with E-state index >= 15 is 0 Å². The largest absolute Gasteiger partial charge is 0.492 e. The third-order valence-electron chi connectivity index (χ3n) is 4.06. The number of rotatable bonds is 4. The van der Waals surface area contributed by atoms with E-state index in [1.54, 1.807) is 24.3 Å². The standard InChI is InChI=1S/C18H14ClF3N2O3/c19-11-1-3-12(4-2-11)25-6-5-24-14-10-16-15(26-7-8-27-16)9-13(14)23-17(24)18(20,21)22/h1-4,9-10H,5-8H2. The Bertz CT molecular complexity index is 971. The van der Waals surface area contributed by atoms with Crippen molar-refractivity contribution in [2.75, 3.05) is 19.8 Å². The maximum absolute atomic E-state index is 13.5. The van der Waals surface area contributed by atoms with Crippen LogP contribution in [0.5, 0.6) is 17.2 Å². The van der Waals surface area contributed by atoms with E-state index in [-0.39, 0.29) is 18.7 Å². The summed E-state index contributed by atoms with van der Waals surface area (Å²) >= 11 is 5.81. The Kier molecular flexibility index (Phi) is 4.51. The molecule has 4 rings (SSSR count). The van der Waals surface area contributed by atoms with Gasteiger partial charge in [0, 0.05) is 17.2 Å². The van der Waals surface area contributed by atoms with Crippen LogP contribution in [0.4, 0.5) is 13.2 Å². The first-order valence-electron chi connectivity index (χ1n) is 8.17. The number of nitrogens with zero attached hydrogens (tertiary/aromatic N) is 2. The van der Waals surface area contributed by atoms with E-state index in [1.807, 2.05) is 0 Å². The number of ether oxygens (including phenoxy) is 3. The summed E-state index contributed by atoms with van der Waals surface area (Å²) < 4.78 is 57.9. The van der Waals surface area contributed by atoms with E-state index in [0.717, 1.165) is 4.57 Å². The molecule has 0 saturated carbocycles. The van der Waals surface area contributed by atoms with Gasteiger partial charge in [-0.1, -0.05) is 11.6 Å². The second kappa shape index (κ2) is 6.84. The van der Waals surface area contributed by atoms with Crippen LogP contribution in [-0.4, -0.2) is 29.4 Å². The molecule has 27 heavy (non-hydrogen) atoms. The van der Waals surface area contributed by atoms with Gasteiger partial charge in [0.05, 0.1) is 17.6 Å². The van der Waals surface area contributed by atoms with Gasteiger partial charge in [-0.25, -0.2) is 4.98 Å². The Balaban J connectivity index is 1.65. The van der Waals surface area contributed by atoms with E-state index in [4.69, 9.17) is 25.8 Å². The molecular formula is C18H14ClF3N2O3. The van der Waals surface area contributed by atoms with Gasteiger partial charge in [0.2, 0.25) is 5.82 Å². The number of aromatic nitrogens is 2. The molecule has 0 bridgehead atoms. The minimum atomic E-state index is -4.60. The lowest BCUT2D eigenvalue weighted by Gasteiger charge is -2.18. The van der Waals surface area contributed by atoms with Crippen molar-refractivity contribution in [1.29, 1.82) is 0 Å². The molecule has 0 fully saturated rings. The molecule has 3 aromatic rings. The molecule has 0 amide bonds. The van der Waals surface area contributed by atoms with Gasteiger partial charge in [0.1, 0.15) is 25.6 Å². The number of imidazole rings is 1. The summed E-state index contributed by atoms with van der Waals surface area (Å²) in [5.41, 5.74) is 0.504. The molecule has 2 heterocycles. The van der Waals surface area contributed by atoms with Crippen molar-refractivity contribution in [3.63, 3.8) is 0 Å². The molecule has 0 aliphatic carbocycles. The molecule has 0 radical (unpaired) electrons. The van der Waals surface area contributed by atoms with E-state index in [9.17, 15) is 13.2 Å². The average molecular weight is 399 g/mol. The predicted molar refractivity (Wildman–Crippen MR) is 92.7 cm³/mol. The van der Waals surface area contributed by atoms with E-state index in [1.165, 1.54) is 12.1 Å². The van der Waals surface area contributed by atoms with Crippen LogP contribution in [0.15, 0.2) is 36.4 Å². The van der Waals surface area contributed by atoms with Crippen molar-refractivity contribution in [2.45, 2.75) is 12.7 Å². The van der Waals surface area contributed by atoms with E-state index < -0.39 is 12.0 Å². The van der Waals surface area contributed by atoms with Crippen LogP contribution < -0.4 is 14.2 Å². The maximum atomic E-state index is 13.5. The number of benzene rings is 2. The lowest BCUT2D eigenvalue weighted by atomic mass is 10.2. The van der Waals surface area contributed by atoms with Crippen LogP contribution in [0.3, 0.4) is 0 Å². The van der Waals surface area contributed by atoms with Crippen molar-refractivity contribution in [3.8, 4) is 17.2 Å². The number of halogens is 4. The monoisotopic (exact) mass is 398 g/mol. The lowest BCUT2D eigenvalue weighted by molar-refractivity contribution is -0.147. The quantitative estimate of drug-likeness (QED) is 0.646. The SMILES string of the molecule is FC(F)(F)c1nc2cc3c(cc2n1CCOc1ccc(Cl)cc1)OCCO3. The van der Waals surface area contributed by atoms with Crippen molar-refractivity contribution in [1.82, 2.24) is 9.55 Å². The van der Waals surface area contributed by atoms with Crippen LogP contribution in [0, 0.1) is 0 Å². The van der Waals surface area contributed by atoms with Crippen LogP contribution in [-0.2, 0) is 12.7 Å². The zero-order chi connectivity index (χ0) is 19.0. The topological polar surface area (TPSA) is 45.5 Å². The Morgan fingerprint density at radius 2 is 1.74 bits per heavy atom. The summed E-state index contributed by atoms with van der Waals surface area (Å²) in [7, 11) is 0. The van der Waals surface area contributed by atoms with Gasteiger partial charge in [0.15, 0.2) is 11.5 Å². The highest BCUT2D eigenvalue weighted by atomic mass is 35.5. The molecule has 0 unspecified atom stereocenters. The molecule has 0 saturated heterocycles. The number of hydrogen-bond acceptors (Lipinski definition) is 4. The first-order valence-corrected chi connectivity index (χ1v) is 8.55. The van der Waals surface area contributed by atoms with Crippen LogP contribution in [0.1, 0.15) is 5.82 Å². The predicted octanol–water partition coefficient (Wildman–Crippen LogP) is 4.56. The molecule has 9 heteroatoms. The van der Waals surface area contributed by atoms with Gasteiger partial charge in [-0.3, -0.25) is 0 Å². The van der Waals surface area contributed by atoms with E-state index in [0.29, 0.717) is 41.0 Å². The van der Waals surface area contributed by atoms with Gasteiger partial charge in [-0.05, 0) is 24.3 Å². The third kappa shape index (κ3) is 3.62. The smallest absolute Gasteiger partial charge is 0.449 e. The van der Waals surface area contributed by atoms with Gasteiger partial charge in [-0.15, -0.1) is 0 Å². The van der Waals surface area contributed by atoms with Gasteiger partial charge >= 0.3 is 6.18 Å². The molecule has 142 valence electrons. The fourth-order valence-electron chi connectivity index (χ4n) is 2.89. The van der Waals surface area contributed by atoms with Crippen LogP contribution >= 0.6 is 11.6 Å². The minimum absolute atomic E-state index is 0.0324. The number of hydrogen-bond donors (Lipinski definition) is 0. The highest BCUT2D eigenvalue weighted by Crippen LogP contribution is 2.38. The molecule has 0 spiro atoms. The highest BCUT2D eigenvalue weighted by molar-refractivity contribution is 6.30. The van der Waals surface area contributed by atoms with Crippen molar-refractivity contribution in [2.24, 2.45) is 0 Å². The third-order valence-corrected chi connectivity index (χ3v) is 4.31. The second-order valence-corrected chi connectivity index (χ2v) is 6.31. The van der Waals surface area contributed by atoms with Crippen molar-refractivity contribution in [3.05, 3.63) is 47.2 Å². The minimum Gasteiger partial charge on any atom is -0.492 e. The molecule has 1 aliphatic heterocycles. The first kappa shape index (κ1) is 17.8. The summed E-state index contributed by atoms with van der Waals surface area (Å²) in [5.74, 6) is 0.331. The van der Waals surface area contributed by atoms with Gasteiger partial charge < -0.3 is 18.8 Å². The maximum Gasteiger partial charge on any atom is 0.449 e. The van der Waals surface area contributed by atoms with Gasteiger partial charge in [0.25, 0.3) is 0 Å². The fraction of sp³-hybridized carbons (Fsp3) is 0.278. The van der Waals surface area contributed by atoms with Crippen LogP contribution in [0.25, 0.3) is 11.0 Å². The zero-order valence-electron chi connectivity index (χ0n) is 13.9. The summed E-state index contributed by atoms with van der Waals surface area (Å²) in [6.45, 7) is 0.691. The van der Waals surface area contributed by atoms with Crippen LogP contribution in [0.2, 0.25) is 5.02 Å². The fourth-order valence-corrected chi connectivity index (χ4v) is 3.02. The highest BCUT2D eigenvalue weighted by Gasteiger charge is 2.38. The Morgan fingerprint density at radius 3 is 2.41 bits per heavy atom. The summed E-state index contributed by atoms with van der Waals surface area (Å²) in [6, 6.07) is 9.59. The van der Waals surface area contributed by atoms with Crippen molar-refractivity contribution >= 4 is 22.6 Å². The molecule has 1 aliphatic rings. The Hall–Kier alpha value is -2.61. The molecule has 0 atom stereocenters. The Morgan fingerprint density at radius 1 is 1.07 bits per heavy atom. The molecule has 5 nitrogen and oxygen atoms in total. The first-order chi connectivity index (χ1) is 12.9.